The molecule has 2 aromatic rings. The first kappa shape index (κ1) is 16.8. The fourth-order valence-electron chi connectivity index (χ4n) is 2.54. The summed E-state index contributed by atoms with van der Waals surface area (Å²) in [5, 5.41) is 12.6. The van der Waals surface area contributed by atoms with Gasteiger partial charge in [-0.1, -0.05) is 12.1 Å². The van der Waals surface area contributed by atoms with Crippen LogP contribution in [0.5, 0.6) is 11.5 Å². The lowest BCUT2D eigenvalue weighted by Gasteiger charge is -2.26. The van der Waals surface area contributed by atoms with Crippen LogP contribution in [0, 0.1) is 25.2 Å². The van der Waals surface area contributed by atoms with E-state index in [1.165, 1.54) is 5.56 Å². The summed E-state index contributed by atoms with van der Waals surface area (Å²) in [6.07, 6.45) is 0. The highest BCUT2D eigenvalue weighted by molar-refractivity contribution is 7.97. The minimum absolute atomic E-state index is 0.654. The summed E-state index contributed by atoms with van der Waals surface area (Å²) in [6.45, 7) is 8.02. The van der Waals surface area contributed by atoms with E-state index in [2.05, 4.69) is 34.7 Å². The van der Waals surface area contributed by atoms with Crippen LogP contribution in [0.1, 0.15) is 16.7 Å². The molecule has 4 nitrogen and oxygen atoms in total. The molecule has 0 aromatic heterocycles. The molecule has 0 bridgehead atoms. The standard InChI is InChI=1S/C19H21N3OS/c1-14-3-4-15(2)18(11-14)23-17-6-5-16(13-20)12-19(17)24-22-9-7-21-8-10-22/h3-6,11-12,21H,7-10H2,1-2H3. The molecule has 0 saturated carbocycles. The maximum Gasteiger partial charge on any atom is 0.142 e. The lowest BCUT2D eigenvalue weighted by atomic mass is 10.1. The highest BCUT2D eigenvalue weighted by Crippen LogP contribution is 2.36. The average Bonchev–Trinajstić information content (AvgIpc) is 2.60. The maximum atomic E-state index is 9.21. The van der Waals surface area contributed by atoms with Crippen molar-refractivity contribution in [2.75, 3.05) is 26.2 Å². The van der Waals surface area contributed by atoms with Gasteiger partial charge in [-0.15, -0.1) is 0 Å². The second kappa shape index (κ2) is 7.71. The van der Waals surface area contributed by atoms with E-state index in [9.17, 15) is 5.26 Å². The Morgan fingerprint density at radius 2 is 1.88 bits per heavy atom. The van der Waals surface area contributed by atoms with Gasteiger partial charge in [0.1, 0.15) is 11.5 Å². The molecule has 5 heteroatoms. The molecular weight excluding hydrogens is 318 g/mol. The molecule has 1 saturated heterocycles. The molecule has 1 aliphatic rings. The molecule has 0 spiro atoms. The van der Waals surface area contributed by atoms with Crippen LogP contribution in [0.4, 0.5) is 0 Å². The number of nitriles is 1. The van der Waals surface area contributed by atoms with Gasteiger partial charge in [0.05, 0.1) is 16.5 Å². The van der Waals surface area contributed by atoms with Crippen molar-refractivity contribution in [3.8, 4) is 17.6 Å². The lowest BCUT2D eigenvalue weighted by molar-refractivity contribution is 0.395. The molecule has 1 aliphatic heterocycles. The van der Waals surface area contributed by atoms with Gasteiger partial charge >= 0.3 is 0 Å². The fourth-order valence-corrected chi connectivity index (χ4v) is 3.57. The molecule has 1 heterocycles. The molecule has 0 amide bonds. The predicted octanol–water partition coefficient (Wildman–Crippen LogP) is 3.88. The summed E-state index contributed by atoms with van der Waals surface area (Å²) in [4.78, 5) is 0.983. The number of nitrogens with one attached hydrogen (secondary N) is 1. The molecule has 0 radical (unpaired) electrons. The predicted molar refractivity (Wildman–Crippen MR) is 97.4 cm³/mol. The van der Waals surface area contributed by atoms with Crippen molar-refractivity contribution < 1.29 is 4.74 Å². The molecule has 0 aliphatic carbocycles. The summed E-state index contributed by atoms with van der Waals surface area (Å²) in [7, 11) is 0. The Kier molecular flexibility index (Phi) is 5.41. The van der Waals surface area contributed by atoms with Gasteiger partial charge in [0, 0.05) is 26.2 Å². The van der Waals surface area contributed by atoms with Gasteiger partial charge in [-0.3, -0.25) is 0 Å². The van der Waals surface area contributed by atoms with Crippen LogP contribution in [-0.2, 0) is 0 Å². The summed E-state index contributed by atoms with van der Waals surface area (Å²) < 4.78 is 8.50. The topological polar surface area (TPSA) is 48.3 Å². The zero-order valence-electron chi connectivity index (χ0n) is 14.0. The minimum Gasteiger partial charge on any atom is -0.456 e. The van der Waals surface area contributed by atoms with E-state index < -0.39 is 0 Å². The molecule has 1 N–H and O–H groups in total. The largest absolute Gasteiger partial charge is 0.456 e. The summed E-state index contributed by atoms with van der Waals surface area (Å²) >= 11 is 1.67. The monoisotopic (exact) mass is 339 g/mol. The normalized spacial score (nSPS) is 15.0. The number of nitrogens with zero attached hydrogens (tertiary/aromatic N) is 2. The zero-order chi connectivity index (χ0) is 16.9. The molecule has 24 heavy (non-hydrogen) atoms. The minimum atomic E-state index is 0.654. The second-order valence-corrected chi connectivity index (χ2v) is 7.05. The number of ether oxygens (including phenoxy) is 1. The van der Waals surface area contributed by atoms with Crippen LogP contribution in [0.2, 0.25) is 0 Å². The van der Waals surface area contributed by atoms with Gasteiger partial charge in [-0.05, 0) is 61.2 Å². The second-order valence-electron chi connectivity index (χ2n) is 5.91. The molecule has 0 atom stereocenters. The van der Waals surface area contributed by atoms with Gasteiger partial charge in [0.15, 0.2) is 0 Å². The van der Waals surface area contributed by atoms with Gasteiger partial charge in [0.2, 0.25) is 0 Å². The Morgan fingerprint density at radius 1 is 1.08 bits per heavy atom. The SMILES string of the molecule is Cc1ccc(C)c(Oc2ccc(C#N)cc2SN2CCNCC2)c1. The fraction of sp³-hybridized carbons (Fsp3) is 0.316. The molecule has 0 unspecified atom stereocenters. The summed E-state index contributed by atoms with van der Waals surface area (Å²) in [5.41, 5.74) is 2.92. The maximum absolute atomic E-state index is 9.21. The third-order valence-corrected chi connectivity index (χ3v) is 5.08. The van der Waals surface area contributed by atoms with Crippen LogP contribution in [0.25, 0.3) is 0 Å². The van der Waals surface area contributed by atoms with E-state index in [0.717, 1.165) is 48.1 Å². The number of aryl methyl sites for hydroxylation is 2. The molecule has 124 valence electrons. The van der Waals surface area contributed by atoms with E-state index in [-0.39, 0.29) is 0 Å². The number of rotatable bonds is 4. The van der Waals surface area contributed by atoms with Crippen LogP contribution in [0.15, 0.2) is 41.3 Å². The van der Waals surface area contributed by atoms with Crippen molar-refractivity contribution in [1.82, 2.24) is 9.62 Å². The van der Waals surface area contributed by atoms with E-state index in [1.807, 2.05) is 31.2 Å². The van der Waals surface area contributed by atoms with E-state index in [4.69, 9.17) is 4.74 Å². The zero-order valence-corrected chi connectivity index (χ0v) is 14.8. The van der Waals surface area contributed by atoms with Crippen molar-refractivity contribution >= 4 is 11.9 Å². The molecule has 2 aromatic carbocycles. The van der Waals surface area contributed by atoms with Gasteiger partial charge < -0.3 is 10.1 Å². The van der Waals surface area contributed by atoms with E-state index in [0.29, 0.717) is 5.56 Å². The quantitative estimate of drug-likeness (QED) is 0.857. The third kappa shape index (κ3) is 4.09. The first-order chi connectivity index (χ1) is 11.7. The summed E-state index contributed by atoms with van der Waals surface area (Å²) in [5.74, 6) is 1.66. The Labute approximate surface area is 147 Å². The molecule has 3 rings (SSSR count). The third-order valence-electron chi connectivity index (χ3n) is 3.94. The Hall–Kier alpha value is -2.00. The highest BCUT2D eigenvalue weighted by Gasteiger charge is 2.15. The molecule has 1 fully saturated rings. The molecular formula is C19H21N3OS. The van der Waals surface area contributed by atoms with Crippen LogP contribution < -0.4 is 10.1 Å². The first-order valence-electron chi connectivity index (χ1n) is 8.08. The van der Waals surface area contributed by atoms with Crippen molar-refractivity contribution in [2.45, 2.75) is 18.7 Å². The smallest absolute Gasteiger partial charge is 0.142 e. The Bertz CT molecular complexity index is 764. The van der Waals surface area contributed by atoms with Crippen molar-refractivity contribution in [2.24, 2.45) is 0 Å². The average molecular weight is 339 g/mol. The van der Waals surface area contributed by atoms with Crippen LogP contribution in [0.3, 0.4) is 0 Å². The number of piperazine rings is 1. The van der Waals surface area contributed by atoms with E-state index >= 15 is 0 Å². The Balaban J connectivity index is 1.88. The lowest BCUT2D eigenvalue weighted by Crippen LogP contribution is -2.39. The van der Waals surface area contributed by atoms with E-state index in [1.54, 1.807) is 11.9 Å². The van der Waals surface area contributed by atoms with Crippen LogP contribution in [-0.4, -0.2) is 30.5 Å². The van der Waals surface area contributed by atoms with Gasteiger partial charge in [-0.2, -0.15) is 5.26 Å². The van der Waals surface area contributed by atoms with Gasteiger partial charge in [0.25, 0.3) is 0 Å². The number of hydrogen-bond acceptors (Lipinski definition) is 5. The first-order valence-corrected chi connectivity index (χ1v) is 8.86. The number of hydrogen-bond donors (Lipinski definition) is 1. The van der Waals surface area contributed by atoms with Crippen molar-refractivity contribution in [3.63, 3.8) is 0 Å². The summed E-state index contributed by atoms with van der Waals surface area (Å²) in [6, 6.07) is 14.0. The number of benzene rings is 2. The highest BCUT2D eigenvalue weighted by atomic mass is 32.2. The van der Waals surface area contributed by atoms with Crippen LogP contribution >= 0.6 is 11.9 Å². The van der Waals surface area contributed by atoms with Crippen molar-refractivity contribution in [1.29, 1.82) is 5.26 Å². The Morgan fingerprint density at radius 3 is 2.62 bits per heavy atom. The van der Waals surface area contributed by atoms with Gasteiger partial charge in [-0.25, -0.2) is 4.31 Å². The van der Waals surface area contributed by atoms with Crippen molar-refractivity contribution in [3.05, 3.63) is 53.1 Å².